The molecule has 1 unspecified atom stereocenters. The van der Waals surface area contributed by atoms with E-state index < -0.39 is 5.60 Å². The lowest BCUT2D eigenvalue weighted by molar-refractivity contribution is -0.199. The summed E-state index contributed by atoms with van der Waals surface area (Å²) >= 11 is 0. The number of amides is 1. The number of carbonyl (C=O) groups excluding carboxylic acids is 2. The number of hydrogen-bond acceptors (Lipinski definition) is 3. The van der Waals surface area contributed by atoms with Crippen molar-refractivity contribution in [1.82, 2.24) is 4.90 Å². The van der Waals surface area contributed by atoms with E-state index in [1.807, 2.05) is 35.2 Å². The first-order valence-corrected chi connectivity index (χ1v) is 8.65. The minimum absolute atomic E-state index is 0.00975. The Hall–Kier alpha value is -1.84. The molecule has 2 fully saturated rings. The molecule has 1 saturated carbocycles. The molecule has 1 heterocycles. The Labute approximate surface area is 137 Å². The molecule has 0 N–H and O–H groups in total. The third-order valence-corrected chi connectivity index (χ3v) is 5.09. The van der Waals surface area contributed by atoms with Gasteiger partial charge in [-0.15, -0.1) is 0 Å². The van der Waals surface area contributed by atoms with Gasteiger partial charge in [0.1, 0.15) is 0 Å². The average molecular weight is 315 g/mol. The molecule has 1 aliphatic heterocycles. The summed E-state index contributed by atoms with van der Waals surface area (Å²) in [5.74, 6) is -0.356. The Kier molecular flexibility index (Phi) is 4.69. The molecule has 0 radical (unpaired) electrons. The van der Waals surface area contributed by atoms with E-state index in [1.54, 1.807) is 0 Å². The van der Waals surface area contributed by atoms with Gasteiger partial charge in [-0.25, -0.2) is 0 Å². The van der Waals surface area contributed by atoms with Crippen LogP contribution in [0.5, 0.6) is 0 Å². The molecule has 1 aliphatic carbocycles. The first kappa shape index (κ1) is 16.0. The van der Waals surface area contributed by atoms with Crippen LogP contribution in [0.1, 0.15) is 51.0 Å². The highest BCUT2D eigenvalue weighted by Crippen LogP contribution is 2.37. The van der Waals surface area contributed by atoms with Crippen LogP contribution in [0.4, 0.5) is 0 Å². The molecule has 4 heteroatoms. The van der Waals surface area contributed by atoms with Crippen LogP contribution in [0.15, 0.2) is 30.3 Å². The monoisotopic (exact) mass is 315 g/mol. The Morgan fingerprint density at radius 2 is 1.91 bits per heavy atom. The van der Waals surface area contributed by atoms with E-state index >= 15 is 0 Å². The fourth-order valence-electron chi connectivity index (χ4n) is 3.85. The van der Waals surface area contributed by atoms with Gasteiger partial charge in [-0.3, -0.25) is 9.59 Å². The summed E-state index contributed by atoms with van der Waals surface area (Å²) < 4.78 is 5.50. The Morgan fingerprint density at radius 3 is 2.52 bits per heavy atom. The van der Waals surface area contributed by atoms with Crippen LogP contribution in [-0.4, -0.2) is 35.0 Å². The second kappa shape index (κ2) is 6.73. The van der Waals surface area contributed by atoms with Crippen molar-refractivity contribution >= 4 is 11.9 Å². The summed E-state index contributed by atoms with van der Waals surface area (Å²) in [4.78, 5) is 26.2. The number of hydrogen-bond donors (Lipinski definition) is 0. The lowest BCUT2D eigenvalue weighted by Gasteiger charge is -2.51. The maximum atomic E-state index is 12.8. The van der Waals surface area contributed by atoms with Crippen LogP contribution < -0.4 is 0 Å². The predicted octanol–water partition coefficient (Wildman–Crippen LogP) is 3.10. The minimum Gasteiger partial charge on any atom is -0.447 e. The van der Waals surface area contributed by atoms with E-state index in [0.717, 1.165) is 19.3 Å². The third kappa shape index (κ3) is 3.41. The summed E-state index contributed by atoms with van der Waals surface area (Å²) in [6.07, 6.45) is 7.14. The molecule has 23 heavy (non-hydrogen) atoms. The van der Waals surface area contributed by atoms with Gasteiger partial charge in [0, 0.05) is 19.4 Å². The number of carbonyl (C=O) groups is 2. The van der Waals surface area contributed by atoms with E-state index in [2.05, 4.69) is 0 Å². The lowest BCUT2D eigenvalue weighted by atomic mass is 9.82. The predicted molar refractivity (Wildman–Crippen MR) is 87.8 cm³/mol. The number of nitrogens with zero attached hydrogens (tertiary/aromatic N) is 1. The summed E-state index contributed by atoms with van der Waals surface area (Å²) in [6.45, 7) is 1.95. The number of benzene rings is 1. The summed E-state index contributed by atoms with van der Waals surface area (Å²) in [6, 6.07) is 10.4. The van der Waals surface area contributed by atoms with Crippen LogP contribution in [-0.2, 0) is 20.7 Å². The highest BCUT2D eigenvalue weighted by atomic mass is 16.6. The van der Waals surface area contributed by atoms with Crippen molar-refractivity contribution in [3.8, 4) is 0 Å². The molecule has 1 saturated heterocycles. The van der Waals surface area contributed by atoms with Gasteiger partial charge in [-0.05, 0) is 24.8 Å². The van der Waals surface area contributed by atoms with Crippen LogP contribution in [0.25, 0.3) is 0 Å². The second-order valence-electron chi connectivity index (χ2n) is 6.80. The number of rotatable bonds is 5. The fourth-order valence-corrected chi connectivity index (χ4v) is 3.85. The van der Waals surface area contributed by atoms with Gasteiger partial charge < -0.3 is 9.64 Å². The van der Waals surface area contributed by atoms with Crippen LogP contribution in [0.2, 0.25) is 0 Å². The van der Waals surface area contributed by atoms with Crippen molar-refractivity contribution in [2.24, 2.45) is 0 Å². The van der Waals surface area contributed by atoms with Crippen molar-refractivity contribution in [3.05, 3.63) is 35.9 Å². The molecule has 124 valence electrons. The number of esters is 1. The highest BCUT2D eigenvalue weighted by Gasteiger charge is 2.56. The molecule has 1 atom stereocenters. The quantitative estimate of drug-likeness (QED) is 0.619. The molecule has 4 nitrogen and oxygen atoms in total. The van der Waals surface area contributed by atoms with Crippen molar-refractivity contribution in [2.75, 3.05) is 6.54 Å². The number of likely N-dealkylation sites (tertiary alicyclic amines) is 1. The topological polar surface area (TPSA) is 46.6 Å². The minimum atomic E-state index is -0.931. The molecular formula is C19H25NO3. The maximum absolute atomic E-state index is 12.8. The van der Waals surface area contributed by atoms with Gasteiger partial charge in [0.15, 0.2) is 0 Å². The normalized spacial score (nSPS) is 25.1. The molecule has 0 aromatic heterocycles. The summed E-state index contributed by atoms with van der Waals surface area (Å²) in [5, 5.41) is 0. The van der Waals surface area contributed by atoms with E-state index in [0.29, 0.717) is 19.0 Å². The molecule has 1 aromatic carbocycles. The van der Waals surface area contributed by atoms with Crippen LogP contribution in [0, 0.1) is 0 Å². The van der Waals surface area contributed by atoms with E-state index in [1.165, 1.54) is 31.7 Å². The second-order valence-corrected chi connectivity index (χ2v) is 6.80. The molecular weight excluding hydrogens is 290 g/mol. The van der Waals surface area contributed by atoms with Crippen LogP contribution in [0.3, 0.4) is 0 Å². The van der Waals surface area contributed by atoms with E-state index in [9.17, 15) is 9.59 Å². The van der Waals surface area contributed by atoms with E-state index in [-0.39, 0.29) is 11.9 Å². The molecule has 0 spiro atoms. The molecule has 1 aromatic rings. The first-order valence-electron chi connectivity index (χ1n) is 8.65. The summed E-state index contributed by atoms with van der Waals surface area (Å²) in [7, 11) is 0. The standard InChI is InChI=1S/C19H25NO3/c1-15(21)23-19(13-12-16-8-4-2-5-9-16)14-20(18(19)22)17-10-6-3-7-11-17/h2,4-5,8-9,17H,3,6-7,10-14H2,1H3. The van der Waals surface area contributed by atoms with Gasteiger partial charge in [0.2, 0.25) is 5.60 Å². The highest BCUT2D eigenvalue weighted by molar-refractivity contribution is 5.93. The van der Waals surface area contributed by atoms with Crippen molar-refractivity contribution < 1.29 is 14.3 Å². The summed E-state index contributed by atoms with van der Waals surface area (Å²) in [5.41, 5.74) is 0.238. The number of ether oxygens (including phenoxy) is 1. The number of β-lactam (4-membered cyclic amide) rings is 1. The molecule has 1 amide bonds. The average Bonchev–Trinajstić information content (AvgIpc) is 2.58. The van der Waals surface area contributed by atoms with Gasteiger partial charge in [0.25, 0.3) is 5.91 Å². The Bertz CT molecular complexity index is 565. The third-order valence-electron chi connectivity index (χ3n) is 5.09. The zero-order chi connectivity index (χ0) is 16.3. The Balaban J connectivity index is 1.66. The van der Waals surface area contributed by atoms with E-state index in [4.69, 9.17) is 4.74 Å². The zero-order valence-corrected chi connectivity index (χ0v) is 13.8. The lowest BCUT2D eigenvalue weighted by Crippen LogP contribution is -2.71. The smallest absolute Gasteiger partial charge is 0.303 e. The first-order chi connectivity index (χ1) is 11.1. The van der Waals surface area contributed by atoms with Gasteiger partial charge in [-0.1, -0.05) is 49.6 Å². The van der Waals surface area contributed by atoms with Crippen molar-refractivity contribution in [1.29, 1.82) is 0 Å². The Morgan fingerprint density at radius 1 is 1.22 bits per heavy atom. The molecule has 2 aliphatic rings. The van der Waals surface area contributed by atoms with Gasteiger partial charge in [-0.2, -0.15) is 0 Å². The largest absolute Gasteiger partial charge is 0.447 e. The van der Waals surface area contributed by atoms with Gasteiger partial charge >= 0.3 is 5.97 Å². The molecule has 0 bridgehead atoms. The number of aryl methyl sites for hydroxylation is 1. The fraction of sp³-hybridized carbons (Fsp3) is 0.579. The van der Waals surface area contributed by atoms with Crippen molar-refractivity contribution in [3.63, 3.8) is 0 Å². The van der Waals surface area contributed by atoms with Crippen molar-refractivity contribution in [2.45, 2.75) is 63.5 Å². The zero-order valence-electron chi connectivity index (χ0n) is 13.8. The SMILES string of the molecule is CC(=O)OC1(CCc2ccccc2)CN(C2CCCCC2)C1=O. The van der Waals surface area contributed by atoms with Gasteiger partial charge in [0.05, 0.1) is 6.54 Å². The van der Waals surface area contributed by atoms with Crippen LogP contribution >= 0.6 is 0 Å². The maximum Gasteiger partial charge on any atom is 0.303 e. The molecule has 3 rings (SSSR count).